The van der Waals surface area contributed by atoms with Gasteiger partial charge in [0, 0.05) is 25.7 Å². The number of piperidine rings is 1. The molecule has 0 atom stereocenters. The molecule has 0 aliphatic carbocycles. The van der Waals surface area contributed by atoms with Crippen LogP contribution in [0.1, 0.15) is 46.1 Å². The number of hydrogen-bond donors (Lipinski definition) is 1. The van der Waals surface area contributed by atoms with Crippen molar-refractivity contribution < 1.29 is 4.39 Å². The summed E-state index contributed by atoms with van der Waals surface area (Å²) in [7, 11) is 0. The van der Waals surface area contributed by atoms with Crippen LogP contribution in [-0.2, 0) is 6.54 Å². The molecule has 3 heteroatoms. The van der Waals surface area contributed by atoms with E-state index in [9.17, 15) is 4.39 Å². The van der Waals surface area contributed by atoms with Crippen LogP contribution in [0.2, 0.25) is 0 Å². The Labute approximate surface area is 128 Å². The summed E-state index contributed by atoms with van der Waals surface area (Å²) in [5.74, 6) is 1.43. The predicted octanol–water partition coefficient (Wildman–Crippen LogP) is 4.20. The lowest BCUT2D eigenvalue weighted by atomic mass is 9.86. The summed E-state index contributed by atoms with van der Waals surface area (Å²) in [4.78, 5) is 2.24. The Morgan fingerprint density at radius 1 is 1.19 bits per heavy atom. The maximum absolute atomic E-state index is 14.3. The lowest BCUT2D eigenvalue weighted by Crippen LogP contribution is -2.36. The number of nitrogens with zero attached hydrogens (tertiary/aromatic N) is 1. The molecule has 0 spiro atoms. The fourth-order valence-corrected chi connectivity index (χ4v) is 3.16. The average Bonchev–Trinajstić information content (AvgIpc) is 2.45. The number of para-hydroxylation sites is 1. The molecule has 1 aromatic carbocycles. The standard InChI is InChI=1S/C18H29FN2/c1-13(2)15-8-10-21(11-9-15)18-16(12-20-14(3)4)6-5-7-17(18)19/h5-7,13-15,20H,8-12H2,1-4H3. The van der Waals surface area contributed by atoms with Gasteiger partial charge >= 0.3 is 0 Å². The van der Waals surface area contributed by atoms with Gasteiger partial charge in [-0.1, -0.05) is 39.8 Å². The van der Waals surface area contributed by atoms with E-state index in [0.717, 1.165) is 42.7 Å². The summed E-state index contributed by atoms with van der Waals surface area (Å²) >= 11 is 0. The topological polar surface area (TPSA) is 15.3 Å². The highest BCUT2D eigenvalue weighted by Crippen LogP contribution is 2.31. The van der Waals surface area contributed by atoms with Gasteiger partial charge in [-0.25, -0.2) is 4.39 Å². The number of benzene rings is 1. The Morgan fingerprint density at radius 3 is 2.43 bits per heavy atom. The third-order valence-corrected chi connectivity index (χ3v) is 4.57. The molecule has 1 heterocycles. The molecule has 1 aliphatic rings. The lowest BCUT2D eigenvalue weighted by molar-refractivity contribution is 0.310. The normalized spacial score (nSPS) is 17.0. The van der Waals surface area contributed by atoms with E-state index in [1.165, 1.54) is 12.8 Å². The van der Waals surface area contributed by atoms with Crippen molar-refractivity contribution in [3.8, 4) is 0 Å². The minimum Gasteiger partial charge on any atom is -0.369 e. The minimum atomic E-state index is -0.0824. The molecular weight excluding hydrogens is 263 g/mol. The lowest BCUT2D eigenvalue weighted by Gasteiger charge is -2.36. The number of anilines is 1. The van der Waals surface area contributed by atoms with E-state index in [2.05, 4.69) is 37.9 Å². The van der Waals surface area contributed by atoms with Crippen molar-refractivity contribution in [2.24, 2.45) is 11.8 Å². The van der Waals surface area contributed by atoms with E-state index < -0.39 is 0 Å². The molecule has 0 saturated carbocycles. The maximum atomic E-state index is 14.3. The van der Waals surface area contributed by atoms with E-state index in [0.29, 0.717) is 6.04 Å². The van der Waals surface area contributed by atoms with Crippen molar-refractivity contribution >= 4 is 5.69 Å². The molecule has 1 fully saturated rings. The summed E-state index contributed by atoms with van der Waals surface area (Å²) in [6, 6.07) is 5.86. The third kappa shape index (κ3) is 4.19. The quantitative estimate of drug-likeness (QED) is 0.875. The van der Waals surface area contributed by atoms with Crippen LogP contribution in [0, 0.1) is 17.7 Å². The zero-order chi connectivity index (χ0) is 15.4. The van der Waals surface area contributed by atoms with Gasteiger partial charge in [0.25, 0.3) is 0 Å². The highest BCUT2D eigenvalue weighted by molar-refractivity contribution is 5.55. The van der Waals surface area contributed by atoms with Crippen LogP contribution in [0.3, 0.4) is 0 Å². The first-order valence-electron chi connectivity index (χ1n) is 8.24. The van der Waals surface area contributed by atoms with Crippen LogP contribution in [0.25, 0.3) is 0 Å². The summed E-state index contributed by atoms with van der Waals surface area (Å²) < 4.78 is 14.3. The van der Waals surface area contributed by atoms with Crippen molar-refractivity contribution in [3.05, 3.63) is 29.6 Å². The molecule has 1 N–H and O–H groups in total. The second kappa shape index (κ2) is 7.26. The molecule has 0 amide bonds. The van der Waals surface area contributed by atoms with E-state index in [1.807, 2.05) is 12.1 Å². The Hall–Kier alpha value is -1.09. The molecule has 2 nitrogen and oxygen atoms in total. The number of hydrogen-bond acceptors (Lipinski definition) is 2. The maximum Gasteiger partial charge on any atom is 0.146 e. The van der Waals surface area contributed by atoms with Crippen LogP contribution >= 0.6 is 0 Å². The molecule has 0 unspecified atom stereocenters. The highest BCUT2D eigenvalue weighted by Gasteiger charge is 2.24. The van der Waals surface area contributed by atoms with Gasteiger partial charge in [-0.15, -0.1) is 0 Å². The zero-order valence-electron chi connectivity index (χ0n) is 13.8. The molecule has 1 aliphatic heterocycles. The highest BCUT2D eigenvalue weighted by atomic mass is 19.1. The first kappa shape index (κ1) is 16.3. The molecule has 2 rings (SSSR count). The SMILES string of the molecule is CC(C)NCc1cccc(F)c1N1CCC(C(C)C)CC1. The summed E-state index contributed by atoms with van der Waals surface area (Å²) in [5, 5.41) is 3.40. The molecule has 1 aromatic rings. The second-order valence-corrected chi connectivity index (χ2v) is 6.85. The fraction of sp³-hybridized carbons (Fsp3) is 0.667. The monoisotopic (exact) mass is 292 g/mol. The molecular formula is C18H29FN2. The van der Waals surface area contributed by atoms with E-state index >= 15 is 0 Å². The Balaban J connectivity index is 2.12. The van der Waals surface area contributed by atoms with Crippen LogP contribution in [0.15, 0.2) is 18.2 Å². The van der Waals surface area contributed by atoms with Crippen LogP contribution in [0.4, 0.5) is 10.1 Å². The summed E-state index contributed by atoms with van der Waals surface area (Å²) in [6.45, 7) is 11.5. The predicted molar refractivity (Wildman–Crippen MR) is 88.2 cm³/mol. The van der Waals surface area contributed by atoms with Crippen molar-refractivity contribution in [3.63, 3.8) is 0 Å². The summed E-state index contributed by atoms with van der Waals surface area (Å²) in [5.41, 5.74) is 1.89. The number of rotatable bonds is 5. The average molecular weight is 292 g/mol. The van der Waals surface area contributed by atoms with Crippen molar-refractivity contribution in [1.82, 2.24) is 5.32 Å². The van der Waals surface area contributed by atoms with Crippen LogP contribution in [0.5, 0.6) is 0 Å². The molecule has 0 radical (unpaired) electrons. The second-order valence-electron chi connectivity index (χ2n) is 6.85. The fourth-order valence-electron chi connectivity index (χ4n) is 3.16. The Morgan fingerprint density at radius 2 is 1.86 bits per heavy atom. The molecule has 118 valence electrons. The summed E-state index contributed by atoms with van der Waals surface area (Å²) in [6.07, 6.45) is 2.34. The van der Waals surface area contributed by atoms with Gasteiger partial charge in [-0.2, -0.15) is 0 Å². The first-order chi connectivity index (χ1) is 9.99. The van der Waals surface area contributed by atoms with Gasteiger partial charge in [0.15, 0.2) is 0 Å². The number of nitrogens with one attached hydrogen (secondary N) is 1. The zero-order valence-corrected chi connectivity index (χ0v) is 13.8. The van der Waals surface area contributed by atoms with Crippen LogP contribution < -0.4 is 10.2 Å². The Kier molecular flexibility index (Phi) is 5.63. The van der Waals surface area contributed by atoms with Gasteiger partial charge in [0.05, 0.1) is 5.69 Å². The van der Waals surface area contributed by atoms with Gasteiger partial charge in [-0.05, 0) is 36.3 Å². The van der Waals surface area contributed by atoms with Crippen molar-refractivity contribution in [2.45, 2.75) is 53.1 Å². The smallest absolute Gasteiger partial charge is 0.146 e. The molecule has 0 bridgehead atoms. The van der Waals surface area contributed by atoms with Crippen molar-refractivity contribution in [2.75, 3.05) is 18.0 Å². The van der Waals surface area contributed by atoms with Gasteiger partial charge in [0.1, 0.15) is 5.82 Å². The Bertz CT molecular complexity index is 449. The largest absolute Gasteiger partial charge is 0.369 e. The minimum absolute atomic E-state index is 0.0824. The molecule has 1 saturated heterocycles. The third-order valence-electron chi connectivity index (χ3n) is 4.57. The van der Waals surface area contributed by atoms with Gasteiger partial charge in [-0.3, -0.25) is 0 Å². The van der Waals surface area contributed by atoms with Crippen LogP contribution in [-0.4, -0.2) is 19.1 Å². The first-order valence-corrected chi connectivity index (χ1v) is 8.24. The number of halogens is 1. The van der Waals surface area contributed by atoms with Gasteiger partial charge in [0.2, 0.25) is 0 Å². The van der Waals surface area contributed by atoms with E-state index in [4.69, 9.17) is 0 Å². The van der Waals surface area contributed by atoms with E-state index in [-0.39, 0.29) is 5.82 Å². The van der Waals surface area contributed by atoms with Crippen molar-refractivity contribution in [1.29, 1.82) is 0 Å². The van der Waals surface area contributed by atoms with E-state index in [1.54, 1.807) is 6.07 Å². The molecule has 0 aromatic heterocycles. The molecule has 21 heavy (non-hydrogen) atoms. The van der Waals surface area contributed by atoms with Gasteiger partial charge < -0.3 is 10.2 Å².